The van der Waals surface area contributed by atoms with Gasteiger partial charge in [-0.1, -0.05) is 17.7 Å². The van der Waals surface area contributed by atoms with Gasteiger partial charge in [0.05, 0.1) is 19.6 Å². The van der Waals surface area contributed by atoms with Gasteiger partial charge in [0, 0.05) is 50.0 Å². The van der Waals surface area contributed by atoms with Gasteiger partial charge in [0.2, 0.25) is 5.91 Å². The molecule has 0 N–H and O–H groups in total. The number of nitrogens with zero attached hydrogens (tertiary/aromatic N) is 3. The molecule has 0 radical (unpaired) electrons. The second-order valence-electron chi connectivity index (χ2n) is 10.0. The Labute approximate surface area is 218 Å². The predicted molar refractivity (Wildman–Crippen MR) is 142 cm³/mol. The van der Waals surface area contributed by atoms with Crippen molar-refractivity contribution in [1.29, 1.82) is 0 Å². The molecule has 8 heteroatoms. The number of carbonyl (C=O) groups is 2. The Hall–Kier alpha value is -2.77. The molecule has 0 spiro atoms. The number of likely N-dealkylation sites (tertiary alicyclic amines) is 1. The van der Waals surface area contributed by atoms with E-state index in [-0.39, 0.29) is 31.4 Å². The van der Waals surface area contributed by atoms with Gasteiger partial charge in [0.25, 0.3) is 5.91 Å². The van der Waals surface area contributed by atoms with Crippen molar-refractivity contribution in [3.05, 3.63) is 58.6 Å². The minimum absolute atomic E-state index is 0.0505. The molecule has 7 nitrogen and oxygen atoms in total. The SMILES string of the molecule is Cc1cc(OC[C@@]2(CC(=O)N3CCCCC3)CN(C(=O)c3cccc(N(C)C)c3)CCO2)ccc1Cl. The molecule has 2 heterocycles. The molecule has 4 rings (SSSR count). The Morgan fingerprint density at radius 2 is 1.83 bits per heavy atom. The van der Waals surface area contributed by atoms with E-state index in [1.54, 1.807) is 11.0 Å². The molecular formula is C28H36ClN3O4. The summed E-state index contributed by atoms with van der Waals surface area (Å²) in [5.74, 6) is 0.640. The van der Waals surface area contributed by atoms with Crippen LogP contribution in [0.15, 0.2) is 42.5 Å². The van der Waals surface area contributed by atoms with Crippen LogP contribution >= 0.6 is 11.6 Å². The van der Waals surface area contributed by atoms with Crippen molar-refractivity contribution in [2.75, 3.05) is 58.4 Å². The number of amides is 2. The van der Waals surface area contributed by atoms with Crippen molar-refractivity contribution in [3.8, 4) is 5.75 Å². The highest BCUT2D eigenvalue weighted by molar-refractivity contribution is 6.31. The van der Waals surface area contributed by atoms with E-state index in [1.807, 2.05) is 67.2 Å². The van der Waals surface area contributed by atoms with Gasteiger partial charge in [0.1, 0.15) is 18.0 Å². The van der Waals surface area contributed by atoms with E-state index >= 15 is 0 Å². The highest BCUT2D eigenvalue weighted by atomic mass is 35.5. The van der Waals surface area contributed by atoms with Crippen molar-refractivity contribution >= 4 is 29.1 Å². The molecule has 0 aromatic heterocycles. The maximum absolute atomic E-state index is 13.5. The fraction of sp³-hybridized carbons (Fsp3) is 0.500. The Kier molecular flexibility index (Phi) is 8.42. The Balaban J connectivity index is 1.55. The largest absolute Gasteiger partial charge is 0.490 e. The number of aryl methyl sites for hydroxylation is 1. The first-order chi connectivity index (χ1) is 17.3. The molecular weight excluding hydrogens is 478 g/mol. The van der Waals surface area contributed by atoms with Crippen molar-refractivity contribution in [2.24, 2.45) is 0 Å². The van der Waals surface area contributed by atoms with Crippen LogP contribution in [-0.4, -0.2) is 80.7 Å². The summed E-state index contributed by atoms with van der Waals surface area (Å²) in [7, 11) is 3.90. The van der Waals surface area contributed by atoms with E-state index in [4.69, 9.17) is 21.1 Å². The molecule has 2 saturated heterocycles. The van der Waals surface area contributed by atoms with Crippen molar-refractivity contribution in [3.63, 3.8) is 0 Å². The second-order valence-corrected chi connectivity index (χ2v) is 10.4. The van der Waals surface area contributed by atoms with Crippen LogP contribution in [0.2, 0.25) is 5.02 Å². The molecule has 1 atom stereocenters. The van der Waals surface area contributed by atoms with Crippen LogP contribution in [-0.2, 0) is 9.53 Å². The van der Waals surface area contributed by atoms with E-state index in [2.05, 4.69) is 0 Å². The number of carbonyl (C=O) groups excluding carboxylic acids is 2. The van der Waals surface area contributed by atoms with E-state index in [0.29, 0.717) is 29.5 Å². The number of ether oxygens (including phenoxy) is 2. The van der Waals surface area contributed by atoms with Gasteiger partial charge in [-0.15, -0.1) is 0 Å². The molecule has 2 fully saturated rings. The van der Waals surface area contributed by atoms with Crippen LogP contribution in [0.1, 0.15) is 41.6 Å². The molecule has 0 aliphatic carbocycles. The lowest BCUT2D eigenvalue weighted by atomic mass is 9.95. The van der Waals surface area contributed by atoms with Gasteiger partial charge in [0.15, 0.2) is 0 Å². The minimum Gasteiger partial charge on any atom is -0.490 e. The predicted octanol–water partition coefficient (Wildman–Crippen LogP) is 4.41. The summed E-state index contributed by atoms with van der Waals surface area (Å²) in [6, 6.07) is 13.1. The highest BCUT2D eigenvalue weighted by Crippen LogP contribution is 2.29. The molecule has 194 valence electrons. The maximum Gasteiger partial charge on any atom is 0.254 e. The standard InChI is InChI=1S/C28H36ClN3O4/c1-21-16-24(10-11-25(21)29)35-20-28(18-26(33)31-12-5-4-6-13-31)19-32(14-15-36-28)27(34)22-8-7-9-23(17-22)30(2)3/h7-11,16-17H,4-6,12-15,18-20H2,1-3H3/t28-/m1/s1. The molecule has 2 amide bonds. The second kappa shape index (κ2) is 11.5. The van der Waals surface area contributed by atoms with Crippen LogP contribution in [0.4, 0.5) is 5.69 Å². The number of benzene rings is 2. The number of morpholine rings is 1. The number of hydrogen-bond donors (Lipinski definition) is 0. The van der Waals surface area contributed by atoms with Crippen LogP contribution in [0.3, 0.4) is 0 Å². The zero-order valence-corrected chi connectivity index (χ0v) is 22.2. The van der Waals surface area contributed by atoms with Gasteiger partial charge in [-0.25, -0.2) is 0 Å². The Bertz CT molecular complexity index is 1090. The van der Waals surface area contributed by atoms with Crippen molar-refractivity contribution in [1.82, 2.24) is 9.80 Å². The maximum atomic E-state index is 13.5. The molecule has 2 aromatic carbocycles. The highest BCUT2D eigenvalue weighted by Gasteiger charge is 2.42. The fourth-order valence-electron chi connectivity index (χ4n) is 4.82. The van der Waals surface area contributed by atoms with Crippen LogP contribution < -0.4 is 9.64 Å². The topological polar surface area (TPSA) is 62.3 Å². The van der Waals surface area contributed by atoms with Gasteiger partial charge in [-0.05, 0) is 68.1 Å². The number of piperidine rings is 1. The molecule has 2 aliphatic heterocycles. The first-order valence-electron chi connectivity index (χ1n) is 12.6. The quantitative estimate of drug-likeness (QED) is 0.549. The van der Waals surface area contributed by atoms with Gasteiger partial charge >= 0.3 is 0 Å². The van der Waals surface area contributed by atoms with Crippen molar-refractivity contribution in [2.45, 2.75) is 38.2 Å². The van der Waals surface area contributed by atoms with E-state index in [1.165, 1.54) is 0 Å². The monoisotopic (exact) mass is 513 g/mol. The third kappa shape index (κ3) is 6.31. The average Bonchev–Trinajstić information content (AvgIpc) is 2.89. The van der Waals surface area contributed by atoms with E-state index in [9.17, 15) is 9.59 Å². The summed E-state index contributed by atoms with van der Waals surface area (Å²) in [6.07, 6.45) is 3.36. The van der Waals surface area contributed by atoms with Gasteiger partial charge < -0.3 is 24.2 Å². The Morgan fingerprint density at radius 3 is 2.56 bits per heavy atom. The van der Waals surface area contributed by atoms with Crippen LogP contribution in [0.5, 0.6) is 5.75 Å². The smallest absolute Gasteiger partial charge is 0.254 e. The summed E-state index contributed by atoms with van der Waals surface area (Å²) < 4.78 is 12.4. The molecule has 0 saturated carbocycles. The summed E-state index contributed by atoms with van der Waals surface area (Å²) in [6.45, 7) is 4.71. The number of hydrogen-bond acceptors (Lipinski definition) is 5. The summed E-state index contributed by atoms with van der Waals surface area (Å²) in [5, 5.41) is 0.669. The lowest BCUT2D eigenvalue weighted by Gasteiger charge is -2.43. The molecule has 36 heavy (non-hydrogen) atoms. The van der Waals surface area contributed by atoms with Crippen LogP contribution in [0.25, 0.3) is 0 Å². The fourth-order valence-corrected chi connectivity index (χ4v) is 4.93. The third-order valence-electron chi connectivity index (χ3n) is 6.96. The summed E-state index contributed by atoms with van der Waals surface area (Å²) >= 11 is 6.18. The molecule has 2 aliphatic rings. The summed E-state index contributed by atoms with van der Waals surface area (Å²) in [5.41, 5.74) is 1.56. The van der Waals surface area contributed by atoms with Gasteiger partial charge in [-0.2, -0.15) is 0 Å². The minimum atomic E-state index is -0.935. The molecule has 0 unspecified atom stereocenters. The lowest BCUT2D eigenvalue weighted by molar-refractivity contribution is -0.153. The first-order valence-corrected chi connectivity index (χ1v) is 13.0. The Morgan fingerprint density at radius 1 is 1.06 bits per heavy atom. The lowest BCUT2D eigenvalue weighted by Crippen LogP contribution is -2.58. The van der Waals surface area contributed by atoms with Crippen LogP contribution in [0, 0.1) is 6.92 Å². The number of anilines is 1. The zero-order chi connectivity index (χ0) is 25.7. The van der Waals surface area contributed by atoms with Gasteiger partial charge in [-0.3, -0.25) is 9.59 Å². The first kappa shape index (κ1) is 26.3. The number of halogens is 1. The zero-order valence-electron chi connectivity index (χ0n) is 21.5. The molecule has 2 aromatic rings. The number of rotatable bonds is 7. The summed E-state index contributed by atoms with van der Waals surface area (Å²) in [4.78, 5) is 32.5. The normalized spacial score (nSPS) is 20.2. The average molecular weight is 514 g/mol. The van der Waals surface area contributed by atoms with E-state index in [0.717, 1.165) is 43.6 Å². The van der Waals surface area contributed by atoms with Crippen molar-refractivity contribution < 1.29 is 19.1 Å². The molecule has 0 bridgehead atoms. The van der Waals surface area contributed by atoms with E-state index < -0.39 is 5.60 Å². The third-order valence-corrected chi connectivity index (χ3v) is 7.38.